The summed E-state index contributed by atoms with van der Waals surface area (Å²) in [5.74, 6) is -1.58. The Kier molecular flexibility index (Phi) is 2.74. The van der Waals surface area contributed by atoms with Gasteiger partial charge in [-0.25, -0.2) is 8.78 Å². The van der Waals surface area contributed by atoms with Crippen LogP contribution in [-0.4, -0.2) is 6.54 Å². The molecule has 18 heavy (non-hydrogen) atoms. The Labute approximate surface area is 104 Å². The third-order valence-corrected chi connectivity index (χ3v) is 3.31. The minimum atomic E-state index is -0.802. The summed E-state index contributed by atoms with van der Waals surface area (Å²) in [5.41, 5.74) is 3.32. The molecule has 0 saturated heterocycles. The van der Waals surface area contributed by atoms with E-state index in [0.717, 1.165) is 36.7 Å². The van der Waals surface area contributed by atoms with Crippen molar-refractivity contribution in [2.75, 3.05) is 11.9 Å². The van der Waals surface area contributed by atoms with Gasteiger partial charge in [0, 0.05) is 17.8 Å². The van der Waals surface area contributed by atoms with Crippen molar-refractivity contribution in [3.63, 3.8) is 0 Å². The minimum absolute atomic E-state index is 0.323. The number of anilines is 1. The van der Waals surface area contributed by atoms with Crippen molar-refractivity contribution < 1.29 is 8.78 Å². The third kappa shape index (κ3) is 1.86. The summed E-state index contributed by atoms with van der Waals surface area (Å²) in [6, 6.07) is 9.99. The summed E-state index contributed by atoms with van der Waals surface area (Å²) in [6.45, 7) is 0.973. The van der Waals surface area contributed by atoms with Crippen LogP contribution < -0.4 is 5.32 Å². The second kappa shape index (κ2) is 4.41. The maximum Gasteiger partial charge on any atom is 0.166 e. The maximum absolute atomic E-state index is 13.7. The van der Waals surface area contributed by atoms with Crippen molar-refractivity contribution in [1.29, 1.82) is 0 Å². The molecule has 0 fully saturated rings. The number of nitrogens with one attached hydrogen (secondary N) is 1. The van der Waals surface area contributed by atoms with E-state index < -0.39 is 11.6 Å². The van der Waals surface area contributed by atoms with Gasteiger partial charge in [-0.3, -0.25) is 0 Å². The summed E-state index contributed by atoms with van der Waals surface area (Å²) in [6.07, 6.45) is 2.05. The molecule has 0 aliphatic carbocycles. The van der Waals surface area contributed by atoms with Crippen molar-refractivity contribution in [2.24, 2.45) is 0 Å². The highest BCUT2D eigenvalue weighted by atomic mass is 19.2. The molecule has 0 atom stereocenters. The van der Waals surface area contributed by atoms with Crippen LogP contribution in [0.4, 0.5) is 14.5 Å². The van der Waals surface area contributed by atoms with E-state index in [1.165, 1.54) is 11.6 Å². The topological polar surface area (TPSA) is 12.0 Å². The van der Waals surface area contributed by atoms with Crippen LogP contribution in [0.2, 0.25) is 0 Å². The molecule has 0 unspecified atom stereocenters. The van der Waals surface area contributed by atoms with Gasteiger partial charge in [0.05, 0.1) is 0 Å². The van der Waals surface area contributed by atoms with Gasteiger partial charge in [-0.15, -0.1) is 0 Å². The van der Waals surface area contributed by atoms with Crippen molar-refractivity contribution in [3.8, 4) is 11.1 Å². The van der Waals surface area contributed by atoms with E-state index in [1.807, 2.05) is 18.2 Å². The first-order valence-corrected chi connectivity index (χ1v) is 6.07. The molecule has 3 heteroatoms. The van der Waals surface area contributed by atoms with Gasteiger partial charge in [-0.2, -0.15) is 0 Å². The highest BCUT2D eigenvalue weighted by Gasteiger charge is 2.13. The molecule has 0 saturated carbocycles. The van der Waals surface area contributed by atoms with E-state index in [-0.39, 0.29) is 0 Å². The lowest BCUT2D eigenvalue weighted by atomic mass is 9.97. The van der Waals surface area contributed by atoms with E-state index in [2.05, 4.69) is 5.32 Å². The molecule has 1 nitrogen and oxygen atoms in total. The monoisotopic (exact) mass is 245 g/mol. The lowest BCUT2D eigenvalue weighted by Crippen LogP contribution is -2.11. The van der Waals surface area contributed by atoms with Gasteiger partial charge in [0.15, 0.2) is 11.6 Å². The van der Waals surface area contributed by atoms with Crippen LogP contribution in [0.15, 0.2) is 36.4 Å². The Morgan fingerprint density at radius 2 is 1.94 bits per heavy atom. The highest BCUT2D eigenvalue weighted by molar-refractivity contribution is 5.69. The first-order chi connectivity index (χ1) is 8.75. The molecule has 92 valence electrons. The Bertz CT molecular complexity index is 593. The first-order valence-electron chi connectivity index (χ1n) is 6.07. The van der Waals surface area contributed by atoms with Gasteiger partial charge < -0.3 is 5.32 Å². The Hall–Kier alpha value is -1.90. The van der Waals surface area contributed by atoms with Gasteiger partial charge in [-0.1, -0.05) is 18.2 Å². The second-order valence-corrected chi connectivity index (χ2v) is 4.50. The summed E-state index contributed by atoms with van der Waals surface area (Å²) < 4.78 is 26.9. The summed E-state index contributed by atoms with van der Waals surface area (Å²) in [5, 5.41) is 3.30. The zero-order valence-electron chi connectivity index (χ0n) is 9.84. The maximum atomic E-state index is 13.7. The summed E-state index contributed by atoms with van der Waals surface area (Å²) >= 11 is 0. The third-order valence-electron chi connectivity index (χ3n) is 3.31. The highest BCUT2D eigenvalue weighted by Crippen LogP contribution is 2.30. The molecular weight excluding hydrogens is 232 g/mol. The molecule has 0 spiro atoms. The number of hydrogen-bond acceptors (Lipinski definition) is 1. The SMILES string of the molecule is Fc1cccc(-c2ccc3c(c2)CCCN3)c1F. The summed E-state index contributed by atoms with van der Waals surface area (Å²) in [4.78, 5) is 0. The average molecular weight is 245 g/mol. The van der Waals surface area contributed by atoms with Gasteiger partial charge in [-0.05, 0) is 42.2 Å². The fourth-order valence-corrected chi connectivity index (χ4v) is 2.37. The molecule has 0 radical (unpaired) electrons. The van der Waals surface area contributed by atoms with Crippen LogP contribution in [0.3, 0.4) is 0 Å². The number of rotatable bonds is 1. The predicted octanol–water partition coefficient (Wildman–Crippen LogP) is 3.99. The molecule has 2 aromatic carbocycles. The molecule has 3 rings (SSSR count). The van der Waals surface area contributed by atoms with Crippen LogP contribution >= 0.6 is 0 Å². The van der Waals surface area contributed by atoms with Gasteiger partial charge in [0.25, 0.3) is 0 Å². The van der Waals surface area contributed by atoms with Gasteiger partial charge >= 0.3 is 0 Å². The van der Waals surface area contributed by atoms with Crippen molar-refractivity contribution in [1.82, 2.24) is 0 Å². The standard InChI is InChI=1S/C15H13F2N/c16-13-5-1-4-12(15(13)17)10-6-7-14-11(9-10)3-2-8-18-14/h1,4-7,9,18H,2-3,8H2. The molecule has 0 aromatic heterocycles. The Morgan fingerprint density at radius 1 is 1.06 bits per heavy atom. The largest absolute Gasteiger partial charge is 0.385 e. The summed E-state index contributed by atoms with van der Waals surface area (Å²) in [7, 11) is 0. The smallest absolute Gasteiger partial charge is 0.166 e. The predicted molar refractivity (Wildman–Crippen MR) is 68.6 cm³/mol. The van der Waals surface area contributed by atoms with Crippen LogP contribution in [0, 0.1) is 11.6 Å². The average Bonchev–Trinajstić information content (AvgIpc) is 2.41. The number of benzene rings is 2. The lowest BCUT2D eigenvalue weighted by Gasteiger charge is -2.18. The zero-order chi connectivity index (χ0) is 12.5. The second-order valence-electron chi connectivity index (χ2n) is 4.50. The van der Waals surface area contributed by atoms with Crippen LogP contribution in [-0.2, 0) is 6.42 Å². The van der Waals surface area contributed by atoms with Crippen LogP contribution in [0.1, 0.15) is 12.0 Å². The fraction of sp³-hybridized carbons (Fsp3) is 0.200. The van der Waals surface area contributed by atoms with Crippen LogP contribution in [0.25, 0.3) is 11.1 Å². The number of halogens is 2. The zero-order valence-corrected chi connectivity index (χ0v) is 9.84. The lowest BCUT2D eigenvalue weighted by molar-refractivity contribution is 0.511. The quantitative estimate of drug-likeness (QED) is 0.801. The Morgan fingerprint density at radius 3 is 2.83 bits per heavy atom. The van der Waals surface area contributed by atoms with E-state index in [9.17, 15) is 8.78 Å². The first kappa shape index (κ1) is 11.2. The number of hydrogen-bond donors (Lipinski definition) is 1. The van der Waals surface area contributed by atoms with E-state index >= 15 is 0 Å². The molecule has 0 amide bonds. The molecular formula is C15H13F2N. The number of fused-ring (bicyclic) bond motifs is 1. The molecule has 1 heterocycles. The van der Waals surface area contributed by atoms with Crippen molar-refractivity contribution in [2.45, 2.75) is 12.8 Å². The minimum Gasteiger partial charge on any atom is -0.385 e. The van der Waals surface area contributed by atoms with Gasteiger partial charge in [0.2, 0.25) is 0 Å². The molecule has 0 bridgehead atoms. The van der Waals surface area contributed by atoms with Crippen molar-refractivity contribution >= 4 is 5.69 Å². The van der Waals surface area contributed by atoms with Gasteiger partial charge in [0.1, 0.15) is 0 Å². The fourth-order valence-electron chi connectivity index (χ4n) is 2.37. The molecule has 1 aliphatic heterocycles. The van der Waals surface area contributed by atoms with E-state index in [4.69, 9.17) is 0 Å². The normalized spacial score (nSPS) is 13.9. The Balaban J connectivity index is 2.09. The van der Waals surface area contributed by atoms with Crippen LogP contribution in [0.5, 0.6) is 0 Å². The van der Waals surface area contributed by atoms with E-state index in [1.54, 1.807) is 6.07 Å². The van der Waals surface area contributed by atoms with E-state index in [0.29, 0.717) is 5.56 Å². The number of aryl methyl sites for hydroxylation is 1. The van der Waals surface area contributed by atoms with Crippen molar-refractivity contribution in [3.05, 3.63) is 53.6 Å². The molecule has 1 N–H and O–H groups in total. The molecule has 2 aromatic rings. The molecule has 1 aliphatic rings.